The Morgan fingerprint density at radius 1 is 1.08 bits per heavy atom. The molecule has 0 radical (unpaired) electrons. The SMILES string of the molecule is NC(=O)Cc1cc(-c2ccc(Br)cc2)n(-c2ccc(S(N)(=O)=O)cc2)n1. The van der Waals surface area contributed by atoms with Crippen molar-refractivity contribution in [2.45, 2.75) is 11.3 Å². The minimum atomic E-state index is -3.78. The Hall–Kier alpha value is -2.49. The molecule has 2 aromatic carbocycles. The van der Waals surface area contributed by atoms with Gasteiger partial charge in [-0.3, -0.25) is 4.79 Å². The number of primary sulfonamides is 1. The molecule has 0 unspecified atom stereocenters. The third-order valence-corrected chi connectivity index (χ3v) is 5.12. The third-order valence-electron chi connectivity index (χ3n) is 3.67. The topological polar surface area (TPSA) is 121 Å². The molecule has 9 heteroatoms. The lowest BCUT2D eigenvalue weighted by atomic mass is 10.1. The maximum Gasteiger partial charge on any atom is 0.238 e. The number of hydrogen-bond acceptors (Lipinski definition) is 4. The van der Waals surface area contributed by atoms with Crippen LogP contribution in [0.3, 0.4) is 0 Å². The standard InChI is InChI=1S/C17H15BrN4O3S/c18-12-3-1-11(2-4-12)16-9-13(10-17(19)23)21-22(16)14-5-7-15(8-6-14)26(20,24)25/h1-9H,10H2,(H2,19,23)(H2,20,24,25). The third kappa shape index (κ3) is 4.01. The molecule has 7 nitrogen and oxygen atoms in total. The number of amides is 1. The van der Waals surface area contributed by atoms with Gasteiger partial charge in [0, 0.05) is 10.0 Å². The number of sulfonamides is 1. The average Bonchev–Trinajstić information content (AvgIpc) is 2.98. The van der Waals surface area contributed by atoms with E-state index in [9.17, 15) is 13.2 Å². The van der Waals surface area contributed by atoms with E-state index in [0.717, 1.165) is 15.7 Å². The lowest BCUT2D eigenvalue weighted by molar-refractivity contribution is -0.117. The van der Waals surface area contributed by atoms with E-state index in [0.29, 0.717) is 11.4 Å². The summed E-state index contributed by atoms with van der Waals surface area (Å²) >= 11 is 3.39. The van der Waals surface area contributed by atoms with Crippen molar-refractivity contribution in [3.63, 3.8) is 0 Å². The highest BCUT2D eigenvalue weighted by Crippen LogP contribution is 2.26. The fourth-order valence-electron chi connectivity index (χ4n) is 2.50. The second kappa shape index (κ2) is 7.02. The number of nitrogens with zero attached hydrogens (tertiary/aromatic N) is 2. The molecule has 0 bridgehead atoms. The first-order valence-electron chi connectivity index (χ1n) is 7.50. The molecule has 0 spiro atoms. The van der Waals surface area contributed by atoms with Gasteiger partial charge in [-0.15, -0.1) is 0 Å². The van der Waals surface area contributed by atoms with Crippen LogP contribution in [0.4, 0.5) is 0 Å². The monoisotopic (exact) mass is 434 g/mol. The Kier molecular flexibility index (Phi) is 4.94. The Morgan fingerprint density at radius 2 is 1.69 bits per heavy atom. The summed E-state index contributed by atoms with van der Waals surface area (Å²) in [6.45, 7) is 0. The highest BCUT2D eigenvalue weighted by molar-refractivity contribution is 9.10. The van der Waals surface area contributed by atoms with Crippen LogP contribution >= 0.6 is 15.9 Å². The summed E-state index contributed by atoms with van der Waals surface area (Å²) in [5, 5.41) is 9.57. The summed E-state index contributed by atoms with van der Waals surface area (Å²) in [6, 6.07) is 15.4. The molecule has 1 amide bonds. The predicted molar refractivity (Wildman–Crippen MR) is 101 cm³/mol. The van der Waals surface area contributed by atoms with E-state index in [1.54, 1.807) is 22.9 Å². The zero-order chi connectivity index (χ0) is 18.9. The molecule has 134 valence electrons. The normalized spacial score (nSPS) is 11.5. The van der Waals surface area contributed by atoms with Crippen molar-refractivity contribution in [3.8, 4) is 16.9 Å². The van der Waals surface area contributed by atoms with E-state index in [1.165, 1.54) is 12.1 Å². The fourth-order valence-corrected chi connectivity index (χ4v) is 3.27. The highest BCUT2D eigenvalue weighted by atomic mass is 79.9. The van der Waals surface area contributed by atoms with Gasteiger partial charge in [0.25, 0.3) is 0 Å². The first kappa shape index (κ1) is 18.3. The largest absolute Gasteiger partial charge is 0.369 e. The number of halogens is 1. The van der Waals surface area contributed by atoms with E-state index in [4.69, 9.17) is 10.9 Å². The molecule has 0 atom stereocenters. The van der Waals surface area contributed by atoms with Crippen molar-refractivity contribution in [1.82, 2.24) is 9.78 Å². The Bertz CT molecular complexity index is 1060. The van der Waals surface area contributed by atoms with Crippen LogP contribution in [0.2, 0.25) is 0 Å². The molecule has 0 saturated heterocycles. The second-order valence-electron chi connectivity index (χ2n) is 5.62. The van der Waals surface area contributed by atoms with E-state index < -0.39 is 15.9 Å². The van der Waals surface area contributed by atoms with Gasteiger partial charge in [-0.2, -0.15) is 5.10 Å². The van der Waals surface area contributed by atoms with Crippen LogP contribution in [-0.4, -0.2) is 24.1 Å². The quantitative estimate of drug-likeness (QED) is 0.637. The molecule has 4 N–H and O–H groups in total. The van der Waals surface area contributed by atoms with Gasteiger partial charge in [-0.1, -0.05) is 28.1 Å². The maximum atomic E-state index is 11.4. The molecule has 1 aromatic heterocycles. The summed E-state index contributed by atoms with van der Waals surface area (Å²) in [4.78, 5) is 11.3. The smallest absolute Gasteiger partial charge is 0.238 e. The number of rotatable bonds is 5. The van der Waals surface area contributed by atoms with Gasteiger partial charge in [0.2, 0.25) is 15.9 Å². The first-order chi connectivity index (χ1) is 12.2. The summed E-state index contributed by atoms with van der Waals surface area (Å²) < 4.78 is 25.4. The number of primary amides is 1. The van der Waals surface area contributed by atoms with Crippen molar-refractivity contribution in [1.29, 1.82) is 0 Å². The van der Waals surface area contributed by atoms with Crippen LogP contribution in [0.25, 0.3) is 16.9 Å². The van der Waals surface area contributed by atoms with Gasteiger partial charge in [0.1, 0.15) is 0 Å². The second-order valence-corrected chi connectivity index (χ2v) is 8.10. The molecule has 0 aliphatic rings. The molecule has 1 heterocycles. The Labute approximate surface area is 158 Å². The molecular weight excluding hydrogens is 420 g/mol. The lowest BCUT2D eigenvalue weighted by Gasteiger charge is -2.08. The summed E-state index contributed by atoms with van der Waals surface area (Å²) in [7, 11) is -3.78. The molecule has 3 aromatic rings. The van der Waals surface area contributed by atoms with Crippen molar-refractivity contribution < 1.29 is 13.2 Å². The van der Waals surface area contributed by atoms with Crippen LogP contribution in [0.15, 0.2) is 64.0 Å². The highest BCUT2D eigenvalue weighted by Gasteiger charge is 2.14. The number of carbonyl (C=O) groups is 1. The molecule has 26 heavy (non-hydrogen) atoms. The van der Waals surface area contributed by atoms with Gasteiger partial charge in [-0.25, -0.2) is 18.2 Å². The van der Waals surface area contributed by atoms with Gasteiger partial charge < -0.3 is 5.73 Å². The zero-order valence-electron chi connectivity index (χ0n) is 13.5. The molecule has 0 fully saturated rings. The molecule has 0 aliphatic heterocycles. The fraction of sp³-hybridized carbons (Fsp3) is 0.0588. The Morgan fingerprint density at radius 3 is 2.23 bits per heavy atom. The minimum Gasteiger partial charge on any atom is -0.369 e. The number of nitrogens with two attached hydrogens (primary N) is 2. The van der Waals surface area contributed by atoms with E-state index in [1.807, 2.05) is 24.3 Å². The average molecular weight is 435 g/mol. The van der Waals surface area contributed by atoms with Crippen LogP contribution < -0.4 is 10.9 Å². The molecule has 3 rings (SSSR count). The summed E-state index contributed by atoms with van der Waals surface area (Å²) in [5.41, 5.74) is 8.05. The number of benzene rings is 2. The van der Waals surface area contributed by atoms with Crippen molar-refractivity contribution in [2.75, 3.05) is 0 Å². The van der Waals surface area contributed by atoms with E-state index >= 15 is 0 Å². The van der Waals surface area contributed by atoms with Crippen molar-refractivity contribution in [2.24, 2.45) is 10.9 Å². The minimum absolute atomic E-state index is 0.00574. The number of carbonyl (C=O) groups excluding carboxylic acids is 1. The van der Waals surface area contributed by atoms with Gasteiger partial charge in [-0.05, 0) is 42.5 Å². The lowest BCUT2D eigenvalue weighted by Crippen LogP contribution is -2.14. The van der Waals surface area contributed by atoms with E-state index in [-0.39, 0.29) is 11.3 Å². The number of aromatic nitrogens is 2. The molecule has 0 aliphatic carbocycles. The first-order valence-corrected chi connectivity index (χ1v) is 9.84. The van der Waals surface area contributed by atoms with Crippen LogP contribution in [0, 0.1) is 0 Å². The van der Waals surface area contributed by atoms with Crippen LogP contribution in [0.5, 0.6) is 0 Å². The van der Waals surface area contributed by atoms with Crippen molar-refractivity contribution in [3.05, 3.63) is 64.8 Å². The zero-order valence-corrected chi connectivity index (χ0v) is 15.9. The Balaban J connectivity index is 2.11. The van der Waals surface area contributed by atoms with Gasteiger partial charge in [0.05, 0.1) is 28.4 Å². The van der Waals surface area contributed by atoms with Crippen LogP contribution in [-0.2, 0) is 21.2 Å². The van der Waals surface area contributed by atoms with Crippen LogP contribution in [0.1, 0.15) is 5.69 Å². The number of hydrogen-bond donors (Lipinski definition) is 2. The summed E-state index contributed by atoms with van der Waals surface area (Å²) in [5.74, 6) is -0.485. The van der Waals surface area contributed by atoms with Gasteiger partial charge in [0.15, 0.2) is 0 Å². The predicted octanol–water partition coefficient (Wildman–Crippen LogP) is 1.98. The molecular formula is C17H15BrN4O3S. The summed E-state index contributed by atoms with van der Waals surface area (Å²) in [6.07, 6.45) is 0.00574. The van der Waals surface area contributed by atoms with E-state index in [2.05, 4.69) is 21.0 Å². The van der Waals surface area contributed by atoms with Gasteiger partial charge >= 0.3 is 0 Å². The molecule has 0 saturated carbocycles. The van der Waals surface area contributed by atoms with Crippen molar-refractivity contribution >= 4 is 31.9 Å². The maximum absolute atomic E-state index is 11.4.